The van der Waals surface area contributed by atoms with Gasteiger partial charge in [0, 0.05) is 0 Å². The predicted octanol–water partition coefficient (Wildman–Crippen LogP) is 0.242. The van der Waals surface area contributed by atoms with Gasteiger partial charge >= 0.3 is 0 Å². The van der Waals surface area contributed by atoms with Gasteiger partial charge in [-0.2, -0.15) is 8.42 Å². The summed E-state index contributed by atoms with van der Waals surface area (Å²) in [6.45, 7) is 0.378. The van der Waals surface area contributed by atoms with Crippen LogP contribution in [0.25, 0.3) is 0 Å². The van der Waals surface area contributed by atoms with Crippen molar-refractivity contribution in [1.29, 1.82) is 0 Å². The van der Waals surface area contributed by atoms with Gasteiger partial charge in [-0.15, -0.1) is 0 Å². The van der Waals surface area contributed by atoms with Crippen molar-refractivity contribution in [3.05, 3.63) is 35.9 Å². The molecule has 1 aromatic carbocycles. The lowest BCUT2D eigenvalue weighted by Crippen LogP contribution is -2.37. The van der Waals surface area contributed by atoms with E-state index in [2.05, 4.69) is 4.99 Å². The first-order chi connectivity index (χ1) is 8.94. The summed E-state index contributed by atoms with van der Waals surface area (Å²) in [5, 5.41) is 0. The van der Waals surface area contributed by atoms with Crippen molar-refractivity contribution in [2.75, 3.05) is 12.4 Å². The van der Waals surface area contributed by atoms with E-state index in [4.69, 9.17) is 15.0 Å². The summed E-state index contributed by atoms with van der Waals surface area (Å²) in [5.41, 5.74) is 6.75. The Morgan fingerprint density at radius 1 is 1.42 bits per heavy atom. The number of benzene rings is 1. The molecule has 2 rings (SSSR count). The fraction of sp³-hybridized carbons (Fsp3) is 0.417. The summed E-state index contributed by atoms with van der Waals surface area (Å²) in [6, 6.07) is 8.82. The Morgan fingerprint density at radius 3 is 2.74 bits per heavy atom. The molecule has 0 aromatic heterocycles. The molecule has 1 unspecified atom stereocenters. The Hall–Kier alpha value is -1.44. The topological polar surface area (TPSA) is 102 Å². The molecule has 0 saturated heterocycles. The zero-order chi connectivity index (χ0) is 13.9. The van der Waals surface area contributed by atoms with Crippen LogP contribution in [0.4, 0.5) is 0 Å². The van der Waals surface area contributed by atoms with Crippen LogP contribution in [0.15, 0.2) is 35.3 Å². The maximum Gasteiger partial charge on any atom is 0.266 e. The molecule has 7 heteroatoms. The lowest BCUT2D eigenvalue weighted by Gasteiger charge is -2.08. The molecule has 2 atom stereocenters. The Morgan fingerprint density at radius 2 is 2.11 bits per heavy atom. The number of hydrogen-bond acceptors (Lipinski definition) is 5. The molecular formula is C12H16N2O4S. The lowest BCUT2D eigenvalue weighted by molar-refractivity contribution is 0.306. The summed E-state index contributed by atoms with van der Waals surface area (Å²) in [6.07, 6.45) is 0.711. The molecule has 0 aliphatic carbocycles. The smallest absolute Gasteiger partial charge is 0.266 e. The minimum Gasteiger partial charge on any atom is -0.478 e. The van der Waals surface area contributed by atoms with Crippen LogP contribution < -0.4 is 5.73 Å². The van der Waals surface area contributed by atoms with E-state index in [0.717, 1.165) is 5.56 Å². The van der Waals surface area contributed by atoms with Crippen LogP contribution >= 0.6 is 0 Å². The maximum absolute atomic E-state index is 10.7. The van der Waals surface area contributed by atoms with Crippen LogP contribution in [-0.2, 0) is 21.3 Å². The van der Waals surface area contributed by atoms with Crippen molar-refractivity contribution >= 4 is 16.0 Å². The molecule has 19 heavy (non-hydrogen) atoms. The van der Waals surface area contributed by atoms with Crippen LogP contribution in [0.3, 0.4) is 0 Å². The summed E-state index contributed by atoms with van der Waals surface area (Å²) >= 11 is 0. The monoisotopic (exact) mass is 284 g/mol. The van der Waals surface area contributed by atoms with Crippen LogP contribution in [0.2, 0.25) is 0 Å². The third-order valence-electron chi connectivity index (χ3n) is 2.75. The Kier molecular flexibility index (Phi) is 4.18. The second-order valence-corrected chi connectivity index (χ2v) is 5.97. The Balaban J connectivity index is 1.97. The van der Waals surface area contributed by atoms with Crippen molar-refractivity contribution in [3.63, 3.8) is 0 Å². The predicted molar refractivity (Wildman–Crippen MR) is 71.7 cm³/mol. The highest BCUT2D eigenvalue weighted by Gasteiger charge is 2.26. The van der Waals surface area contributed by atoms with Crippen molar-refractivity contribution in [3.8, 4) is 0 Å². The number of ether oxygens (including phenoxy) is 1. The fourth-order valence-electron chi connectivity index (χ4n) is 1.93. The summed E-state index contributed by atoms with van der Waals surface area (Å²) < 4.78 is 35.5. The van der Waals surface area contributed by atoms with Gasteiger partial charge in [-0.25, -0.2) is 4.99 Å². The normalized spacial score (nSPS) is 20.7. The number of rotatable bonds is 5. The van der Waals surface area contributed by atoms with Gasteiger partial charge in [0.05, 0.1) is 17.8 Å². The van der Waals surface area contributed by atoms with Crippen molar-refractivity contribution in [2.24, 2.45) is 10.7 Å². The summed E-state index contributed by atoms with van der Waals surface area (Å²) in [5.74, 6) is -0.386. The zero-order valence-electron chi connectivity index (χ0n) is 10.3. The van der Waals surface area contributed by atoms with Gasteiger partial charge in [0.1, 0.15) is 6.61 Å². The molecule has 1 aliphatic heterocycles. The fourth-order valence-corrected chi connectivity index (χ4v) is 2.52. The highest BCUT2D eigenvalue weighted by atomic mass is 32.2. The first-order valence-corrected chi connectivity index (χ1v) is 7.50. The molecule has 0 bridgehead atoms. The second-order valence-electron chi connectivity index (χ2n) is 4.48. The minimum absolute atomic E-state index is 0.0650. The lowest BCUT2D eigenvalue weighted by atomic mass is 10.1. The van der Waals surface area contributed by atoms with Crippen LogP contribution in [0.1, 0.15) is 5.56 Å². The van der Waals surface area contributed by atoms with Crippen molar-refractivity contribution in [2.45, 2.75) is 18.5 Å². The zero-order valence-corrected chi connectivity index (χ0v) is 11.1. The highest BCUT2D eigenvalue weighted by molar-refractivity contribution is 7.85. The van der Waals surface area contributed by atoms with E-state index in [0.29, 0.717) is 13.0 Å². The molecule has 0 amide bonds. The van der Waals surface area contributed by atoms with Crippen LogP contribution in [0, 0.1) is 0 Å². The molecule has 1 aliphatic rings. The van der Waals surface area contributed by atoms with E-state index in [1.165, 1.54) is 0 Å². The van der Waals surface area contributed by atoms with E-state index in [1.807, 2.05) is 30.3 Å². The number of nitrogens with two attached hydrogens (primary N) is 1. The molecule has 3 N–H and O–H groups in total. The number of hydrogen-bond donors (Lipinski definition) is 2. The minimum atomic E-state index is -4.12. The molecule has 1 heterocycles. The Bertz CT molecular complexity index is 556. The molecule has 0 radical (unpaired) electrons. The van der Waals surface area contributed by atoms with Crippen LogP contribution in [-0.4, -0.2) is 43.3 Å². The Labute approximate surface area is 112 Å². The van der Waals surface area contributed by atoms with Gasteiger partial charge in [-0.1, -0.05) is 30.3 Å². The van der Waals surface area contributed by atoms with Gasteiger partial charge in [0.15, 0.2) is 0 Å². The SMILES string of the molecule is NC(CS(=O)(=O)O)C1=N[C@@H](Cc2ccccc2)CO1. The second kappa shape index (κ2) is 5.68. The molecule has 0 spiro atoms. The van der Waals surface area contributed by atoms with E-state index >= 15 is 0 Å². The van der Waals surface area contributed by atoms with Gasteiger partial charge in [-0.3, -0.25) is 4.55 Å². The first kappa shape index (κ1) is 14.0. The van der Waals surface area contributed by atoms with E-state index in [1.54, 1.807) is 0 Å². The molecule has 0 saturated carbocycles. The highest BCUT2D eigenvalue weighted by Crippen LogP contribution is 2.13. The van der Waals surface area contributed by atoms with E-state index < -0.39 is 21.9 Å². The van der Waals surface area contributed by atoms with Crippen molar-refractivity contribution < 1.29 is 17.7 Å². The molecule has 104 valence electrons. The average Bonchev–Trinajstić information content (AvgIpc) is 2.77. The first-order valence-electron chi connectivity index (χ1n) is 5.89. The van der Waals surface area contributed by atoms with Gasteiger partial charge in [0.25, 0.3) is 10.1 Å². The van der Waals surface area contributed by atoms with Crippen molar-refractivity contribution in [1.82, 2.24) is 0 Å². The maximum atomic E-state index is 10.7. The molecule has 6 nitrogen and oxygen atoms in total. The quantitative estimate of drug-likeness (QED) is 0.754. The number of aliphatic imine (C=N–C) groups is 1. The largest absolute Gasteiger partial charge is 0.478 e. The van der Waals surface area contributed by atoms with Gasteiger partial charge in [0.2, 0.25) is 5.90 Å². The van der Waals surface area contributed by atoms with E-state index in [9.17, 15) is 8.42 Å². The molecule has 0 fully saturated rings. The number of nitrogens with zero attached hydrogens (tertiary/aromatic N) is 1. The summed E-state index contributed by atoms with van der Waals surface area (Å²) in [7, 11) is -4.12. The third kappa shape index (κ3) is 4.30. The standard InChI is InChI=1S/C12H16N2O4S/c13-11(8-19(15,16)17)12-14-10(7-18-12)6-9-4-2-1-3-5-9/h1-5,10-11H,6-8,13H2,(H,15,16,17)/t10-,11?/m0/s1. The van der Waals surface area contributed by atoms with E-state index in [-0.39, 0.29) is 11.9 Å². The van der Waals surface area contributed by atoms with Gasteiger partial charge < -0.3 is 10.5 Å². The average molecular weight is 284 g/mol. The summed E-state index contributed by atoms with van der Waals surface area (Å²) in [4.78, 5) is 4.26. The molecular weight excluding hydrogens is 268 g/mol. The third-order valence-corrected chi connectivity index (χ3v) is 3.54. The molecule has 1 aromatic rings. The van der Waals surface area contributed by atoms with Crippen LogP contribution in [0.5, 0.6) is 0 Å². The van der Waals surface area contributed by atoms with Gasteiger partial charge in [-0.05, 0) is 12.0 Å².